The van der Waals surface area contributed by atoms with Crippen LogP contribution >= 0.6 is 0 Å². The Morgan fingerprint density at radius 1 is 0.750 bits per heavy atom. The van der Waals surface area contributed by atoms with Crippen molar-refractivity contribution in [1.29, 1.82) is 0 Å². The fourth-order valence-corrected chi connectivity index (χ4v) is 4.10. The van der Waals surface area contributed by atoms with Gasteiger partial charge in [-0.2, -0.15) is 0 Å². The largest absolute Gasteiger partial charge is 0.487 e. The summed E-state index contributed by atoms with van der Waals surface area (Å²) in [4.78, 5) is 7.37. The zero-order chi connectivity index (χ0) is 18.8. The maximum atomic E-state index is 6.27. The average molecular weight is 368 g/mol. The van der Waals surface area contributed by atoms with Gasteiger partial charge in [0.1, 0.15) is 23.7 Å². The van der Waals surface area contributed by atoms with Gasteiger partial charge in [-0.1, -0.05) is 54.6 Å². The van der Waals surface area contributed by atoms with Gasteiger partial charge in [0.2, 0.25) is 0 Å². The van der Waals surface area contributed by atoms with Crippen LogP contribution in [0.2, 0.25) is 0 Å². The topological polar surface area (TPSA) is 25.4 Å². The molecule has 0 saturated carbocycles. The lowest BCUT2D eigenvalue weighted by Gasteiger charge is -2.28. The number of pyridine rings is 1. The van der Waals surface area contributed by atoms with Crippen LogP contribution in [0.25, 0.3) is 21.7 Å². The Balaban J connectivity index is 1.46. The van der Waals surface area contributed by atoms with Crippen LogP contribution in [0.5, 0.6) is 5.75 Å². The smallest absolute Gasteiger partial charge is 0.146 e. The first kappa shape index (κ1) is 17.1. The number of benzene rings is 3. The second-order valence-electron chi connectivity index (χ2n) is 7.47. The monoisotopic (exact) mass is 368 g/mol. The highest BCUT2D eigenvalue weighted by molar-refractivity contribution is 5.87. The molecule has 0 radical (unpaired) electrons. The maximum absolute atomic E-state index is 6.27. The third-order valence-corrected chi connectivity index (χ3v) is 5.61. The van der Waals surface area contributed by atoms with Crippen LogP contribution in [0.3, 0.4) is 0 Å². The molecule has 1 saturated heterocycles. The molecule has 0 N–H and O–H groups in total. The predicted octanol–water partition coefficient (Wildman–Crippen LogP) is 5.96. The summed E-state index contributed by atoms with van der Waals surface area (Å²) in [6.45, 7) is 2.73. The van der Waals surface area contributed by atoms with Gasteiger partial charge in [0.05, 0.1) is 0 Å². The van der Waals surface area contributed by atoms with Crippen LogP contribution < -0.4 is 9.64 Å². The molecule has 28 heavy (non-hydrogen) atoms. The highest BCUT2D eigenvalue weighted by Crippen LogP contribution is 2.29. The summed E-state index contributed by atoms with van der Waals surface area (Å²) in [5, 5.41) is 3.61. The van der Waals surface area contributed by atoms with Crippen molar-refractivity contribution < 1.29 is 4.74 Å². The number of hydrogen-bond donors (Lipinski definition) is 0. The Bertz CT molecular complexity index is 1110. The van der Waals surface area contributed by atoms with Crippen molar-refractivity contribution in [3.05, 3.63) is 78.4 Å². The van der Waals surface area contributed by atoms with Gasteiger partial charge in [-0.15, -0.1) is 0 Å². The Morgan fingerprint density at radius 3 is 2.46 bits per heavy atom. The first-order valence-electron chi connectivity index (χ1n) is 10.1. The van der Waals surface area contributed by atoms with Gasteiger partial charge in [-0.25, -0.2) is 4.98 Å². The normalized spacial score (nSPS) is 14.5. The zero-order valence-corrected chi connectivity index (χ0v) is 16.0. The molecular formula is C25H24N2O. The summed E-state index contributed by atoms with van der Waals surface area (Å²) >= 11 is 0. The molecule has 1 fully saturated rings. The molecule has 5 rings (SSSR count). The van der Waals surface area contributed by atoms with Gasteiger partial charge in [-0.3, -0.25) is 0 Å². The number of hydrogen-bond acceptors (Lipinski definition) is 3. The predicted molar refractivity (Wildman–Crippen MR) is 116 cm³/mol. The van der Waals surface area contributed by atoms with Crippen LogP contribution in [0, 0.1) is 0 Å². The van der Waals surface area contributed by atoms with Crippen molar-refractivity contribution in [3.8, 4) is 5.75 Å². The number of para-hydroxylation sites is 1. The lowest BCUT2D eigenvalue weighted by molar-refractivity contribution is 0.311. The van der Waals surface area contributed by atoms with Gasteiger partial charge in [0, 0.05) is 18.5 Å². The minimum Gasteiger partial charge on any atom is -0.487 e. The first-order valence-corrected chi connectivity index (χ1v) is 10.1. The average Bonchev–Trinajstić information content (AvgIpc) is 2.78. The molecule has 0 bridgehead atoms. The molecule has 0 amide bonds. The summed E-state index contributed by atoms with van der Waals surface area (Å²) in [6, 6.07) is 25.3. The van der Waals surface area contributed by atoms with E-state index < -0.39 is 0 Å². The van der Waals surface area contributed by atoms with Crippen LogP contribution in [0.15, 0.2) is 72.8 Å². The number of anilines is 1. The molecule has 0 unspecified atom stereocenters. The molecule has 1 aliphatic rings. The number of ether oxygens (including phenoxy) is 1. The lowest BCUT2D eigenvalue weighted by atomic mass is 10.1. The van der Waals surface area contributed by atoms with Crippen molar-refractivity contribution in [3.63, 3.8) is 0 Å². The quantitative estimate of drug-likeness (QED) is 0.444. The van der Waals surface area contributed by atoms with E-state index in [0.717, 1.165) is 35.6 Å². The van der Waals surface area contributed by atoms with E-state index in [9.17, 15) is 0 Å². The van der Waals surface area contributed by atoms with Gasteiger partial charge >= 0.3 is 0 Å². The molecule has 140 valence electrons. The molecule has 1 aromatic heterocycles. The molecule has 3 nitrogen and oxygen atoms in total. The van der Waals surface area contributed by atoms with Gasteiger partial charge < -0.3 is 9.64 Å². The fourth-order valence-electron chi connectivity index (χ4n) is 4.10. The summed E-state index contributed by atoms with van der Waals surface area (Å²) in [5.74, 6) is 1.91. The van der Waals surface area contributed by atoms with E-state index in [0.29, 0.717) is 6.61 Å². The Hall–Kier alpha value is -3.07. The fraction of sp³-hybridized carbons (Fsp3) is 0.240. The molecule has 1 aliphatic heterocycles. The minimum absolute atomic E-state index is 0.538. The van der Waals surface area contributed by atoms with Crippen LogP contribution in [-0.2, 0) is 6.61 Å². The van der Waals surface area contributed by atoms with Crippen LogP contribution in [-0.4, -0.2) is 18.1 Å². The van der Waals surface area contributed by atoms with Gasteiger partial charge in [-0.05, 0) is 53.8 Å². The maximum Gasteiger partial charge on any atom is 0.146 e. The summed E-state index contributed by atoms with van der Waals surface area (Å²) in [6.07, 6.45) is 3.82. The molecule has 3 aromatic carbocycles. The van der Waals surface area contributed by atoms with E-state index in [1.54, 1.807) is 0 Å². The summed E-state index contributed by atoms with van der Waals surface area (Å²) < 4.78 is 6.27. The van der Waals surface area contributed by atoms with Crippen molar-refractivity contribution in [1.82, 2.24) is 4.98 Å². The third-order valence-electron chi connectivity index (χ3n) is 5.61. The molecule has 4 aromatic rings. The van der Waals surface area contributed by atoms with E-state index >= 15 is 0 Å². The number of piperidine rings is 1. The van der Waals surface area contributed by atoms with Crippen LogP contribution in [0.1, 0.15) is 24.8 Å². The number of rotatable bonds is 4. The Labute approximate surface area is 165 Å². The van der Waals surface area contributed by atoms with E-state index in [1.807, 2.05) is 12.1 Å². The van der Waals surface area contributed by atoms with Crippen LogP contribution in [0.4, 0.5) is 5.82 Å². The van der Waals surface area contributed by atoms with E-state index in [2.05, 4.69) is 65.6 Å². The molecule has 0 atom stereocenters. The zero-order valence-electron chi connectivity index (χ0n) is 16.0. The molecule has 2 heterocycles. The molecule has 0 aliphatic carbocycles. The van der Waals surface area contributed by atoms with Crippen molar-refractivity contribution in [2.75, 3.05) is 18.0 Å². The van der Waals surface area contributed by atoms with Gasteiger partial charge in [0.25, 0.3) is 0 Å². The number of aromatic nitrogens is 1. The second-order valence-corrected chi connectivity index (χ2v) is 7.47. The van der Waals surface area contributed by atoms with Gasteiger partial charge in [0.15, 0.2) is 0 Å². The summed E-state index contributed by atoms with van der Waals surface area (Å²) in [5.41, 5.74) is 2.15. The van der Waals surface area contributed by atoms with E-state index in [-0.39, 0.29) is 0 Å². The third kappa shape index (κ3) is 3.29. The van der Waals surface area contributed by atoms with Crippen molar-refractivity contribution >= 4 is 27.5 Å². The molecular weight excluding hydrogens is 344 g/mol. The van der Waals surface area contributed by atoms with E-state index in [1.165, 1.54) is 35.6 Å². The second kappa shape index (κ2) is 7.51. The minimum atomic E-state index is 0.538. The standard InChI is InChI=1S/C25H24N2O/c1-4-16-27(17-5-1)24-15-14-20-10-7-13-23(25(20)26-24)28-18-21-11-6-9-19-8-2-3-12-22(19)21/h2-3,6-15H,1,4-5,16-18H2. The van der Waals surface area contributed by atoms with Crippen molar-refractivity contribution in [2.45, 2.75) is 25.9 Å². The SMILES string of the molecule is c1ccc2c(COc3cccc4ccc(N5CCCCC5)nc34)cccc2c1. The first-order chi connectivity index (χ1) is 13.9. The van der Waals surface area contributed by atoms with Crippen molar-refractivity contribution in [2.24, 2.45) is 0 Å². The lowest BCUT2D eigenvalue weighted by Crippen LogP contribution is -2.30. The van der Waals surface area contributed by atoms with E-state index in [4.69, 9.17) is 9.72 Å². The highest BCUT2D eigenvalue weighted by atomic mass is 16.5. The number of fused-ring (bicyclic) bond motifs is 2. The highest BCUT2D eigenvalue weighted by Gasteiger charge is 2.14. The Kier molecular flexibility index (Phi) is 4.58. The Morgan fingerprint density at radius 2 is 1.54 bits per heavy atom. The summed E-state index contributed by atoms with van der Waals surface area (Å²) in [7, 11) is 0. The molecule has 0 spiro atoms. The number of nitrogens with zero attached hydrogens (tertiary/aromatic N) is 2. The molecule has 3 heteroatoms.